The van der Waals surface area contributed by atoms with Crippen molar-refractivity contribution in [3.05, 3.63) is 71.2 Å². The number of benzene rings is 2. The third-order valence-corrected chi connectivity index (χ3v) is 5.45. The number of aliphatic imine (C=N–C) groups is 1. The SMILES string of the molecule is C=C/C=C(\N=C(NC(=O)OCC)C(C)CC)c1ccc2noc(-c3cccc(Br)c3)c2c1. The highest BCUT2D eigenvalue weighted by Crippen LogP contribution is 2.32. The van der Waals surface area contributed by atoms with Crippen LogP contribution in [0.25, 0.3) is 27.9 Å². The molecule has 0 radical (unpaired) electrons. The Labute approximate surface area is 196 Å². The van der Waals surface area contributed by atoms with E-state index in [4.69, 9.17) is 14.3 Å². The highest BCUT2D eigenvalue weighted by molar-refractivity contribution is 9.10. The number of allylic oxidation sites excluding steroid dienone is 2. The van der Waals surface area contributed by atoms with Gasteiger partial charge in [0.2, 0.25) is 0 Å². The number of amides is 1. The van der Waals surface area contributed by atoms with Crippen molar-refractivity contribution in [3.63, 3.8) is 0 Å². The van der Waals surface area contributed by atoms with E-state index in [0.717, 1.165) is 32.9 Å². The minimum Gasteiger partial charge on any atom is -0.450 e. The fourth-order valence-corrected chi connectivity index (χ4v) is 3.50. The molecule has 0 aliphatic carbocycles. The molecule has 3 rings (SSSR count). The third kappa shape index (κ3) is 5.53. The zero-order chi connectivity index (χ0) is 23.1. The van der Waals surface area contributed by atoms with Crippen LogP contribution >= 0.6 is 15.9 Å². The van der Waals surface area contributed by atoms with Gasteiger partial charge in [-0.3, -0.25) is 5.32 Å². The van der Waals surface area contributed by atoms with Crippen molar-refractivity contribution in [3.8, 4) is 11.3 Å². The van der Waals surface area contributed by atoms with Crippen molar-refractivity contribution >= 4 is 44.5 Å². The predicted molar refractivity (Wildman–Crippen MR) is 132 cm³/mol. The van der Waals surface area contributed by atoms with Crippen molar-refractivity contribution in [2.75, 3.05) is 6.61 Å². The number of nitrogens with one attached hydrogen (secondary N) is 1. The predicted octanol–water partition coefficient (Wildman–Crippen LogP) is 6.97. The van der Waals surface area contributed by atoms with Gasteiger partial charge in [-0.2, -0.15) is 0 Å². The van der Waals surface area contributed by atoms with Crippen LogP contribution < -0.4 is 5.32 Å². The Balaban J connectivity index is 2.07. The van der Waals surface area contributed by atoms with Crippen LogP contribution in [0.2, 0.25) is 0 Å². The quantitative estimate of drug-likeness (QED) is 0.218. The number of halogens is 1. The van der Waals surface area contributed by atoms with Crippen LogP contribution in [-0.4, -0.2) is 23.7 Å². The first-order valence-electron chi connectivity index (χ1n) is 10.5. The summed E-state index contributed by atoms with van der Waals surface area (Å²) in [7, 11) is 0. The van der Waals surface area contributed by atoms with Crippen LogP contribution in [-0.2, 0) is 4.74 Å². The summed E-state index contributed by atoms with van der Waals surface area (Å²) < 4.78 is 11.6. The number of amidine groups is 1. The van der Waals surface area contributed by atoms with Gasteiger partial charge in [-0.05, 0) is 43.7 Å². The largest absolute Gasteiger partial charge is 0.450 e. The van der Waals surface area contributed by atoms with E-state index < -0.39 is 6.09 Å². The molecule has 0 bridgehead atoms. The molecule has 32 heavy (non-hydrogen) atoms. The first kappa shape index (κ1) is 23.5. The number of carbonyl (C=O) groups excluding carboxylic acids is 1. The van der Waals surface area contributed by atoms with Crippen molar-refractivity contribution < 1.29 is 14.1 Å². The van der Waals surface area contributed by atoms with E-state index in [1.54, 1.807) is 13.0 Å². The molecule has 1 N–H and O–H groups in total. The molecule has 0 spiro atoms. The molecular weight excluding hydrogens is 470 g/mol. The maximum absolute atomic E-state index is 12.0. The highest BCUT2D eigenvalue weighted by Gasteiger charge is 2.16. The maximum Gasteiger partial charge on any atom is 0.412 e. The average molecular weight is 496 g/mol. The van der Waals surface area contributed by atoms with Gasteiger partial charge >= 0.3 is 6.09 Å². The van der Waals surface area contributed by atoms with Crippen LogP contribution in [0.1, 0.15) is 32.8 Å². The van der Waals surface area contributed by atoms with Gasteiger partial charge in [-0.1, -0.05) is 65.8 Å². The number of nitrogens with zero attached hydrogens (tertiary/aromatic N) is 2. The average Bonchev–Trinajstić information content (AvgIpc) is 3.21. The molecule has 1 amide bonds. The monoisotopic (exact) mass is 495 g/mol. The molecule has 1 unspecified atom stereocenters. The Bertz CT molecular complexity index is 1180. The molecular formula is C25H26BrN3O3. The molecule has 0 aliphatic rings. The molecule has 1 heterocycles. The summed E-state index contributed by atoms with van der Waals surface area (Å²) in [5.41, 5.74) is 3.18. The third-order valence-electron chi connectivity index (χ3n) is 4.96. The van der Waals surface area contributed by atoms with E-state index in [-0.39, 0.29) is 12.5 Å². The molecule has 166 valence electrons. The Morgan fingerprint density at radius 1 is 1.31 bits per heavy atom. The summed E-state index contributed by atoms with van der Waals surface area (Å²) in [5, 5.41) is 7.84. The van der Waals surface area contributed by atoms with Gasteiger partial charge in [0.1, 0.15) is 11.4 Å². The zero-order valence-corrected chi connectivity index (χ0v) is 20.0. The number of fused-ring (bicyclic) bond motifs is 1. The van der Waals surface area contributed by atoms with E-state index in [1.807, 2.05) is 62.4 Å². The summed E-state index contributed by atoms with van der Waals surface area (Å²) in [5.74, 6) is 1.25. The van der Waals surface area contributed by atoms with Gasteiger partial charge in [0.15, 0.2) is 5.76 Å². The Morgan fingerprint density at radius 2 is 2.12 bits per heavy atom. The Morgan fingerprint density at radius 3 is 2.81 bits per heavy atom. The zero-order valence-electron chi connectivity index (χ0n) is 18.4. The van der Waals surface area contributed by atoms with Gasteiger partial charge in [0.05, 0.1) is 17.7 Å². The highest BCUT2D eigenvalue weighted by atomic mass is 79.9. The lowest BCUT2D eigenvalue weighted by atomic mass is 10.0. The van der Waals surface area contributed by atoms with Gasteiger partial charge in [-0.15, -0.1) is 0 Å². The van der Waals surface area contributed by atoms with E-state index >= 15 is 0 Å². The summed E-state index contributed by atoms with van der Waals surface area (Å²) >= 11 is 3.50. The fraction of sp³-hybridized carbons (Fsp3) is 0.240. The number of ether oxygens (including phenoxy) is 1. The number of carbonyl (C=O) groups is 1. The summed E-state index contributed by atoms with van der Waals surface area (Å²) in [6.45, 7) is 9.92. The second-order valence-electron chi connectivity index (χ2n) is 7.19. The van der Waals surface area contributed by atoms with Crippen LogP contribution in [0.15, 0.2) is 75.2 Å². The molecule has 0 saturated carbocycles. The second-order valence-corrected chi connectivity index (χ2v) is 8.11. The van der Waals surface area contributed by atoms with Gasteiger partial charge in [0.25, 0.3) is 0 Å². The second kappa shape index (κ2) is 10.9. The standard InChI is InChI=1S/C25H26BrN3O3/c1-5-9-21(27-24(16(4)6-2)28-25(30)31-7-3)17-12-13-22-20(15-17)23(32-29-22)18-10-8-11-19(26)14-18/h5,8-16H,1,6-7H2,2-4H3,(H,27,28,30)/b21-9-. The molecule has 0 aliphatic heterocycles. The lowest BCUT2D eigenvalue weighted by Gasteiger charge is -2.15. The number of aromatic nitrogens is 1. The molecule has 6 nitrogen and oxygen atoms in total. The Hall–Kier alpha value is -3.19. The fourth-order valence-electron chi connectivity index (χ4n) is 3.10. The topological polar surface area (TPSA) is 76.7 Å². The molecule has 7 heteroatoms. The molecule has 1 aromatic heterocycles. The van der Waals surface area contributed by atoms with Crippen LogP contribution in [0.5, 0.6) is 0 Å². The Kier molecular flexibility index (Phi) is 8.00. The summed E-state index contributed by atoms with van der Waals surface area (Å²) in [4.78, 5) is 16.8. The van der Waals surface area contributed by atoms with E-state index in [0.29, 0.717) is 17.3 Å². The lowest BCUT2D eigenvalue weighted by molar-refractivity contribution is 0.157. The minimum atomic E-state index is -0.518. The summed E-state index contributed by atoms with van der Waals surface area (Å²) in [6.07, 6.45) is 3.77. The maximum atomic E-state index is 12.0. The molecule has 0 saturated heterocycles. The first-order chi connectivity index (χ1) is 15.5. The molecule has 2 aromatic carbocycles. The lowest BCUT2D eigenvalue weighted by Crippen LogP contribution is -2.35. The normalized spacial score (nSPS) is 13.1. The smallest absolute Gasteiger partial charge is 0.412 e. The van der Waals surface area contributed by atoms with Crippen molar-refractivity contribution in [2.24, 2.45) is 10.9 Å². The molecule has 0 fully saturated rings. The number of hydrogen-bond donors (Lipinski definition) is 1. The number of rotatable bonds is 7. The van der Waals surface area contributed by atoms with Gasteiger partial charge < -0.3 is 9.26 Å². The van der Waals surface area contributed by atoms with Crippen LogP contribution in [0.4, 0.5) is 4.79 Å². The minimum absolute atomic E-state index is 0.0316. The van der Waals surface area contributed by atoms with Crippen molar-refractivity contribution in [1.82, 2.24) is 10.5 Å². The van der Waals surface area contributed by atoms with E-state index in [1.165, 1.54) is 0 Å². The van der Waals surface area contributed by atoms with Crippen LogP contribution in [0.3, 0.4) is 0 Å². The van der Waals surface area contributed by atoms with Gasteiger partial charge in [-0.25, -0.2) is 9.79 Å². The summed E-state index contributed by atoms with van der Waals surface area (Å²) in [6, 6.07) is 13.7. The van der Waals surface area contributed by atoms with E-state index in [2.05, 4.69) is 33.0 Å². The number of hydrogen-bond acceptors (Lipinski definition) is 5. The molecule has 3 aromatic rings. The van der Waals surface area contributed by atoms with E-state index in [9.17, 15) is 4.79 Å². The number of alkyl carbamates (subject to hydrolysis) is 1. The van der Waals surface area contributed by atoms with Crippen LogP contribution in [0, 0.1) is 5.92 Å². The van der Waals surface area contributed by atoms with Crippen molar-refractivity contribution in [1.29, 1.82) is 0 Å². The van der Waals surface area contributed by atoms with Gasteiger partial charge in [0, 0.05) is 21.5 Å². The van der Waals surface area contributed by atoms with Crippen molar-refractivity contribution in [2.45, 2.75) is 27.2 Å². The molecule has 1 atom stereocenters. The first-order valence-corrected chi connectivity index (χ1v) is 11.3.